The van der Waals surface area contributed by atoms with E-state index in [-0.39, 0.29) is 5.91 Å². The molecule has 0 aliphatic carbocycles. The van der Waals surface area contributed by atoms with Crippen LogP contribution < -0.4 is 5.32 Å². The van der Waals surface area contributed by atoms with Crippen LogP contribution in [-0.2, 0) is 9.53 Å². The molecule has 1 N–H and O–H groups in total. The standard InChI is InChI=1S/C14H28N2O2/c1-3-10-16(14(17)8-6-11-18-2)12-13-7-4-5-9-15-13/h13,15H,3-12H2,1-2H3. The van der Waals surface area contributed by atoms with Gasteiger partial charge >= 0.3 is 0 Å². The summed E-state index contributed by atoms with van der Waals surface area (Å²) in [6.07, 6.45) is 6.23. The minimum absolute atomic E-state index is 0.279. The summed E-state index contributed by atoms with van der Waals surface area (Å²) in [6, 6.07) is 0.497. The number of carbonyl (C=O) groups is 1. The zero-order chi connectivity index (χ0) is 13.2. The van der Waals surface area contributed by atoms with Crippen molar-refractivity contribution in [3.8, 4) is 0 Å². The maximum absolute atomic E-state index is 12.1. The number of nitrogens with one attached hydrogen (secondary N) is 1. The second-order valence-corrected chi connectivity index (χ2v) is 5.08. The lowest BCUT2D eigenvalue weighted by molar-refractivity contribution is -0.132. The highest BCUT2D eigenvalue weighted by atomic mass is 16.5. The number of amides is 1. The van der Waals surface area contributed by atoms with Crippen molar-refractivity contribution in [1.82, 2.24) is 10.2 Å². The zero-order valence-corrected chi connectivity index (χ0v) is 11.9. The van der Waals surface area contributed by atoms with Gasteiger partial charge in [0.1, 0.15) is 0 Å². The average molecular weight is 256 g/mol. The molecule has 1 heterocycles. The maximum atomic E-state index is 12.1. The summed E-state index contributed by atoms with van der Waals surface area (Å²) < 4.78 is 5.00. The highest BCUT2D eigenvalue weighted by Gasteiger charge is 2.19. The maximum Gasteiger partial charge on any atom is 0.222 e. The summed E-state index contributed by atoms with van der Waals surface area (Å²) in [6.45, 7) is 5.66. The van der Waals surface area contributed by atoms with E-state index in [2.05, 4.69) is 12.2 Å². The van der Waals surface area contributed by atoms with E-state index in [1.807, 2.05) is 4.90 Å². The Labute approximate surface area is 111 Å². The Hall–Kier alpha value is -0.610. The number of carbonyl (C=O) groups excluding carboxylic acids is 1. The largest absolute Gasteiger partial charge is 0.385 e. The Morgan fingerprint density at radius 1 is 1.44 bits per heavy atom. The monoisotopic (exact) mass is 256 g/mol. The Morgan fingerprint density at radius 2 is 2.28 bits per heavy atom. The van der Waals surface area contributed by atoms with Crippen molar-refractivity contribution in [2.45, 2.75) is 51.5 Å². The first-order valence-electron chi connectivity index (χ1n) is 7.28. The van der Waals surface area contributed by atoms with E-state index in [4.69, 9.17) is 4.74 Å². The first kappa shape index (κ1) is 15.4. The van der Waals surface area contributed by atoms with Gasteiger partial charge in [-0.1, -0.05) is 13.3 Å². The molecule has 0 saturated carbocycles. The van der Waals surface area contributed by atoms with Crippen molar-refractivity contribution in [2.75, 3.05) is 33.4 Å². The number of hydrogen-bond donors (Lipinski definition) is 1. The molecule has 1 aliphatic heterocycles. The Morgan fingerprint density at radius 3 is 2.89 bits per heavy atom. The summed E-state index contributed by atoms with van der Waals surface area (Å²) in [5.74, 6) is 0.279. The third-order valence-electron chi connectivity index (χ3n) is 3.44. The minimum Gasteiger partial charge on any atom is -0.385 e. The number of piperidine rings is 1. The second-order valence-electron chi connectivity index (χ2n) is 5.08. The molecule has 4 heteroatoms. The average Bonchev–Trinajstić information content (AvgIpc) is 2.39. The summed E-state index contributed by atoms with van der Waals surface area (Å²) in [5, 5.41) is 3.51. The molecule has 0 spiro atoms. The van der Waals surface area contributed by atoms with Gasteiger partial charge in [0.05, 0.1) is 0 Å². The lowest BCUT2D eigenvalue weighted by atomic mass is 10.0. The van der Waals surface area contributed by atoms with Crippen LogP contribution in [0.2, 0.25) is 0 Å². The summed E-state index contributed by atoms with van der Waals surface area (Å²) >= 11 is 0. The number of ether oxygens (including phenoxy) is 1. The topological polar surface area (TPSA) is 41.6 Å². The van der Waals surface area contributed by atoms with Gasteiger partial charge in [-0.25, -0.2) is 0 Å². The molecule has 1 rings (SSSR count). The highest BCUT2D eigenvalue weighted by molar-refractivity contribution is 5.76. The predicted octanol–water partition coefficient (Wildman–Crippen LogP) is 1.79. The van der Waals surface area contributed by atoms with Crippen LogP contribution in [0.15, 0.2) is 0 Å². The molecule has 1 unspecified atom stereocenters. The predicted molar refractivity (Wildman–Crippen MR) is 73.6 cm³/mol. The van der Waals surface area contributed by atoms with E-state index < -0.39 is 0 Å². The van der Waals surface area contributed by atoms with Gasteiger partial charge in [0.2, 0.25) is 5.91 Å². The molecule has 0 aromatic carbocycles. The molecule has 0 aromatic rings. The third kappa shape index (κ3) is 5.83. The summed E-state index contributed by atoms with van der Waals surface area (Å²) in [5.41, 5.74) is 0. The normalized spacial score (nSPS) is 19.8. The van der Waals surface area contributed by atoms with E-state index in [0.717, 1.165) is 32.5 Å². The van der Waals surface area contributed by atoms with Crippen molar-refractivity contribution >= 4 is 5.91 Å². The highest BCUT2D eigenvalue weighted by Crippen LogP contribution is 2.10. The van der Waals surface area contributed by atoms with Crippen LogP contribution in [0.5, 0.6) is 0 Å². The fourth-order valence-corrected chi connectivity index (χ4v) is 2.46. The van der Waals surface area contributed by atoms with E-state index in [0.29, 0.717) is 19.1 Å². The number of methoxy groups -OCH3 is 1. The van der Waals surface area contributed by atoms with Gasteiger partial charge in [0.25, 0.3) is 0 Å². The van der Waals surface area contributed by atoms with E-state index in [9.17, 15) is 4.79 Å². The lowest BCUT2D eigenvalue weighted by Gasteiger charge is -2.30. The van der Waals surface area contributed by atoms with Gasteiger partial charge in [-0.3, -0.25) is 4.79 Å². The third-order valence-corrected chi connectivity index (χ3v) is 3.44. The Kier molecular flexibility index (Phi) is 8.01. The lowest BCUT2D eigenvalue weighted by Crippen LogP contribution is -2.46. The van der Waals surface area contributed by atoms with Crippen molar-refractivity contribution in [3.05, 3.63) is 0 Å². The van der Waals surface area contributed by atoms with Crippen LogP contribution in [0.1, 0.15) is 45.4 Å². The van der Waals surface area contributed by atoms with E-state index >= 15 is 0 Å². The molecule has 0 bridgehead atoms. The van der Waals surface area contributed by atoms with Crippen LogP contribution in [-0.4, -0.2) is 50.2 Å². The zero-order valence-electron chi connectivity index (χ0n) is 11.9. The smallest absolute Gasteiger partial charge is 0.222 e. The van der Waals surface area contributed by atoms with Crippen LogP contribution in [0, 0.1) is 0 Å². The molecule has 1 saturated heterocycles. The van der Waals surface area contributed by atoms with Gasteiger partial charge in [-0.2, -0.15) is 0 Å². The minimum atomic E-state index is 0.279. The van der Waals surface area contributed by atoms with Crippen molar-refractivity contribution in [3.63, 3.8) is 0 Å². The Bertz CT molecular complexity index is 228. The van der Waals surface area contributed by atoms with Crippen LogP contribution in [0.3, 0.4) is 0 Å². The van der Waals surface area contributed by atoms with Crippen molar-refractivity contribution in [1.29, 1.82) is 0 Å². The van der Waals surface area contributed by atoms with Crippen molar-refractivity contribution < 1.29 is 9.53 Å². The van der Waals surface area contributed by atoms with Gasteiger partial charge in [-0.15, -0.1) is 0 Å². The van der Waals surface area contributed by atoms with Crippen molar-refractivity contribution in [2.24, 2.45) is 0 Å². The molecule has 1 fully saturated rings. The van der Waals surface area contributed by atoms with Gasteiger partial charge in [0.15, 0.2) is 0 Å². The Balaban J connectivity index is 2.34. The van der Waals surface area contributed by atoms with Crippen LogP contribution >= 0.6 is 0 Å². The second kappa shape index (κ2) is 9.34. The molecular weight excluding hydrogens is 228 g/mol. The molecule has 18 heavy (non-hydrogen) atoms. The van der Waals surface area contributed by atoms with Crippen LogP contribution in [0.25, 0.3) is 0 Å². The summed E-state index contributed by atoms with van der Waals surface area (Å²) in [4.78, 5) is 14.2. The van der Waals surface area contributed by atoms with Gasteiger partial charge < -0.3 is 15.0 Å². The first-order valence-corrected chi connectivity index (χ1v) is 7.28. The van der Waals surface area contributed by atoms with Crippen LogP contribution in [0.4, 0.5) is 0 Å². The van der Waals surface area contributed by atoms with Gasteiger partial charge in [0, 0.05) is 39.3 Å². The molecule has 106 valence electrons. The van der Waals surface area contributed by atoms with Gasteiger partial charge in [-0.05, 0) is 32.2 Å². The summed E-state index contributed by atoms with van der Waals surface area (Å²) in [7, 11) is 1.68. The van der Waals surface area contributed by atoms with E-state index in [1.54, 1.807) is 7.11 Å². The number of hydrogen-bond acceptors (Lipinski definition) is 3. The molecule has 1 amide bonds. The fourth-order valence-electron chi connectivity index (χ4n) is 2.46. The fraction of sp³-hybridized carbons (Fsp3) is 0.929. The number of nitrogens with zero attached hydrogens (tertiary/aromatic N) is 1. The molecule has 1 aliphatic rings. The molecule has 1 atom stereocenters. The molecule has 4 nitrogen and oxygen atoms in total. The quantitative estimate of drug-likeness (QED) is 0.673. The SMILES string of the molecule is CCCN(CC1CCCCN1)C(=O)CCCOC. The first-order chi connectivity index (χ1) is 8.77. The molecule has 0 aromatic heterocycles. The molecular formula is C14H28N2O2. The number of rotatable bonds is 8. The molecule has 0 radical (unpaired) electrons. The van der Waals surface area contributed by atoms with E-state index in [1.165, 1.54) is 19.3 Å².